The number of nitrogens with zero attached hydrogens (tertiary/aromatic N) is 7. The Morgan fingerprint density at radius 1 is 0.704 bits per heavy atom. The summed E-state index contributed by atoms with van der Waals surface area (Å²) in [6.07, 6.45) is 4.38. The first-order valence-electron chi connectivity index (χ1n) is 21.8. The molecule has 0 saturated heterocycles. The van der Waals surface area contributed by atoms with E-state index < -0.39 is 26.0 Å². The Hall–Kier alpha value is -6.09. The summed E-state index contributed by atoms with van der Waals surface area (Å²) in [5.74, 6) is -1.08. The number of hydrogen-bond acceptors (Lipinski definition) is 7. The van der Waals surface area contributed by atoms with Crippen LogP contribution in [0, 0.1) is 13.8 Å². The third-order valence-electron chi connectivity index (χ3n) is 10.7. The first-order valence-corrected chi connectivity index (χ1v) is 25.8. The summed E-state index contributed by atoms with van der Waals surface area (Å²) in [7, 11) is -1.59. The Labute approximate surface area is 444 Å². The number of hydrogen-bond donors (Lipinski definition) is 0. The topological polar surface area (TPSA) is 115 Å². The molecular weight excluding hydrogens is 983 g/mol. The molecule has 19 heteroatoms. The SMILES string of the molecule is Cc1c[n]([AlH])c(-n2cccn2)c1C.O=C([N]([AlH])c1ccccc1[PH+](c1ccccc1)c1ccccc1)C(F)(F)F.O=C([O][AlH])c1cc2ccccc2cn1.O=C(c1ccccc1)[N]([AlH])Cc1ccccn1. The molecule has 4 radical (unpaired) electrons. The molecule has 0 aliphatic carbocycles. The summed E-state index contributed by atoms with van der Waals surface area (Å²) in [5.41, 5.74) is 4.84. The average Bonchev–Trinajstić information content (AvgIpc) is 4.02. The number of fused-ring (bicyclic) bond motifs is 1. The molecule has 2 amide bonds. The van der Waals surface area contributed by atoms with Crippen LogP contribution in [0.1, 0.15) is 37.7 Å². The number of anilines is 1. The summed E-state index contributed by atoms with van der Waals surface area (Å²) in [4.78, 5) is 43.3. The summed E-state index contributed by atoms with van der Waals surface area (Å²) in [5, 5.41) is 9.05. The zero-order chi connectivity index (χ0) is 50.9. The highest BCUT2D eigenvalue weighted by Gasteiger charge is 2.42. The van der Waals surface area contributed by atoms with Gasteiger partial charge in [-0.15, -0.1) is 0 Å². The van der Waals surface area contributed by atoms with E-state index >= 15 is 0 Å². The van der Waals surface area contributed by atoms with Crippen LogP contribution in [-0.4, -0.2) is 117 Å². The lowest BCUT2D eigenvalue weighted by Crippen LogP contribution is -2.41. The van der Waals surface area contributed by atoms with Crippen molar-refractivity contribution in [3.8, 4) is 5.82 Å². The molecule has 0 fully saturated rings. The first kappa shape index (κ1) is 54.2. The number of carbonyl (C=O) groups excluding carboxylic acids is 3. The van der Waals surface area contributed by atoms with E-state index in [9.17, 15) is 27.6 Å². The monoisotopic (exact) mass is 1030 g/mol. The molecule has 4 heterocycles. The molecule has 9 aromatic rings. The molecule has 0 saturated carbocycles. The van der Waals surface area contributed by atoms with Gasteiger partial charge in [0.2, 0.25) is 5.91 Å². The van der Waals surface area contributed by atoms with Crippen LogP contribution in [0.15, 0.2) is 201 Å². The van der Waals surface area contributed by atoms with Crippen LogP contribution in [-0.2, 0) is 15.1 Å². The van der Waals surface area contributed by atoms with Crippen molar-refractivity contribution in [1.82, 2.24) is 27.2 Å². The van der Waals surface area contributed by atoms with Crippen LogP contribution in [0.4, 0.5) is 18.9 Å². The second-order valence-electron chi connectivity index (χ2n) is 15.6. The standard InChI is InChI=1S/C20H15F3NOP.C13H12N2O.C10H7NO2.C9H10N3.4Al.4H/c21-20(22,23)19(25)24-17-13-7-8-14-18(17)26(15-9-3-1-4-10-15)16-11-5-2-6-12-16;16-13(11-6-2-1-3-7-11)15-10-12-8-4-5-9-14-12;12-10(13)9-5-7-3-1-2-4-8(7)6-11-9;1-7-6-10-9(8(7)2)12-5-3-4-11-12;;;;;;;;/h1-14H,(H,24,25);1-9H,10H2,(H,15,16);1-6H,(H,12,13);3-6H,1-2H3;;;;;;;;/q;;;-1;4*+1;;;;/p-2. The Balaban J connectivity index is 0.000000163. The Morgan fingerprint density at radius 2 is 1.28 bits per heavy atom. The number of para-hydroxylation sites is 1. The fourth-order valence-corrected chi connectivity index (χ4v) is 11.7. The molecule has 71 heavy (non-hydrogen) atoms. The molecule has 0 spiro atoms. The van der Waals surface area contributed by atoms with E-state index in [1.54, 1.807) is 63.3 Å². The molecular formula is C52H46Al4F3N7O4P+. The van der Waals surface area contributed by atoms with Crippen molar-refractivity contribution in [3.05, 3.63) is 229 Å². The Bertz CT molecular complexity index is 3100. The lowest BCUT2D eigenvalue weighted by atomic mass is 10.1. The van der Waals surface area contributed by atoms with Gasteiger partial charge in [-0.1, -0.05) is 97.1 Å². The molecule has 11 nitrogen and oxygen atoms in total. The van der Waals surface area contributed by atoms with Crippen molar-refractivity contribution in [1.29, 1.82) is 0 Å². The van der Waals surface area contributed by atoms with Gasteiger partial charge in [0.1, 0.15) is 35.3 Å². The van der Waals surface area contributed by atoms with Crippen LogP contribution in [0.3, 0.4) is 0 Å². The summed E-state index contributed by atoms with van der Waals surface area (Å²) in [6.45, 7) is 4.77. The maximum atomic E-state index is 13.0. The number of amides is 2. The molecule has 0 bridgehead atoms. The van der Waals surface area contributed by atoms with Crippen molar-refractivity contribution in [2.75, 3.05) is 3.88 Å². The molecule has 0 aliphatic heterocycles. The third-order valence-corrected chi connectivity index (χ3v) is 15.4. The Morgan fingerprint density at radius 3 is 1.83 bits per heavy atom. The van der Waals surface area contributed by atoms with Gasteiger partial charge in [-0.3, -0.25) is 14.6 Å². The lowest BCUT2D eigenvalue weighted by Gasteiger charge is -2.24. The third kappa shape index (κ3) is 15.0. The molecule has 4 aromatic heterocycles. The van der Waals surface area contributed by atoms with E-state index in [0.717, 1.165) is 75.2 Å². The fraction of sp³-hybridized carbons (Fsp3) is 0.0769. The zero-order valence-corrected chi connectivity index (χ0v) is 45.6. The van der Waals surface area contributed by atoms with E-state index in [1.807, 2.05) is 173 Å². The normalized spacial score (nSPS) is 10.6. The minimum Gasteiger partial charge on any atom is -0.620 e. The van der Waals surface area contributed by atoms with Crippen LogP contribution in [0.5, 0.6) is 0 Å². The quantitative estimate of drug-likeness (QED) is 0.119. The summed E-state index contributed by atoms with van der Waals surface area (Å²) < 4.78 is 50.0. The zero-order valence-electron chi connectivity index (χ0n) is 39.0. The number of aromatic nitrogens is 5. The van der Waals surface area contributed by atoms with E-state index in [0.29, 0.717) is 23.5 Å². The molecule has 0 atom stereocenters. The number of carbonyl (C=O) groups is 3. The van der Waals surface area contributed by atoms with Crippen molar-refractivity contribution >= 4 is 124 Å². The highest BCUT2D eigenvalue weighted by molar-refractivity contribution is 7.80. The van der Waals surface area contributed by atoms with E-state index in [2.05, 4.69) is 42.5 Å². The number of pyridine rings is 2. The van der Waals surface area contributed by atoms with Crippen LogP contribution in [0.2, 0.25) is 0 Å². The first-order chi connectivity index (χ1) is 34.2. The van der Waals surface area contributed by atoms with Crippen LogP contribution in [0.25, 0.3) is 16.6 Å². The lowest BCUT2D eigenvalue weighted by molar-refractivity contribution is -0.169. The van der Waals surface area contributed by atoms with Gasteiger partial charge in [0.15, 0.2) is 0 Å². The van der Waals surface area contributed by atoms with Crippen LogP contribution < -0.4 is 19.8 Å². The van der Waals surface area contributed by atoms with Gasteiger partial charge in [-0.25, -0.2) is 14.5 Å². The summed E-state index contributed by atoms with van der Waals surface area (Å²) >= 11 is 5.47. The molecule has 9 rings (SSSR count). The molecule has 0 unspecified atom stereocenters. The molecule has 350 valence electrons. The van der Waals surface area contributed by atoms with Crippen molar-refractivity contribution in [3.63, 3.8) is 0 Å². The van der Waals surface area contributed by atoms with E-state index in [1.165, 1.54) is 11.1 Å². The maximum Gasteiger partial charge on any atom is 0.497 e. The van der Waals surface area contributed by atoms with Gasteiger partial charge >= 0.3 is 84.2 Å². The number of halogens is 3. The van der Waals surface area contributed by atoms with Gasteiger partial charge in [-0.05, 0) is 109 Å². The maximum absolute atomic E-state index is 13.0. The highest BCUT2D eigenvalue weighted by Crippen LogP contribution is 2.37. The minimum atomic E-state index is -4.92. The van der Waals surface area contributed by atoms with E-state index in [-0.39, 0.29) is 5.91 Å². The van der Waals surface area contributed by atoms with Gasteiger partial charge < -0.3 is 15.1 Å². The van der Waals surface area contributed by atoms with Gasteiger partial charge in [0, 0.05) is 42.3 Å². The number of benzene rings is 5. The highest BCUT2D eigenvalue weighted by atomic mass is 31.1. The average molecular weight is 1030 g/mol. The van der Waals surface area contributed by atoms with Gasteiger partial charge in [0.05, 0.1) is 11.4 Å². The van der Waals surface area contributed by atoms with Crippen molar-refractivity contribution in [2.45, 2.75) is 26.6 Å². The molecule has 5 aromatic carbocycles. The van der Waals surface area contributed by atoms with E-state index in [4.69, 9.17) is 0 Å². The predicted molar refractivity (Wildman–Crippen MR) is 283 cm³/mol. The smallest absolute Gasteiger partial charge is 0.497 e. The fourth-order valence-electron chi connectivity index (χ4n) is 7.14. The minimum absolute atomic E-state index is 0.0228. The van der Waals surface area contributed by atoms with Crippen LogP contribution >= 0.6 is 7.92 Å². The summed E-state index contributed by atoms with van der Waals surface area (Å²) in [6, 6.07) is 52.6. The predicted octanol–water partition coefficient (Wildman–Crippen LogP) is 6.59. The molecule has 0 aliphatic rings. The van der Waals surface area contributed by atoms with Crippen molar-refractivity contribution < 1.29 is 31.3 Å². The second-order valence-corrected chi connectivity index (χ2v) is 20.4. The van der Waals surface area contributed by atoms with Gasteiger partial charge in [-0.2, -0.15) is 18.3 Å². The van der Waals surface area contributed by atoms with Gasteiger partial charge in [0.25, 0.3) is 0 Å². The number of aryl methyl sites for hydroxylation is 1. The largest absolute Gasteiger partial charge is 0.620 e. The number of alkyl halides is 3. The number of rotatable bonds is 9. The van der Waals surface area contributed by atoms with Crippen molar-refractivity contribution in [2.24, 2.45) is 0 Å². The second kappa shape index (κ2) is 26.4. The Kier molecular flexibility index (Phi) is 20.2. The molecule has 0 N–H and O–H groups in total.